The number of fused-ring (bicyclic) bond motifs is 1. The molecule has 2 N–H and O–H groups in total. The lowest BCUT2D eigenvalue weighted by atomic mass is 9.99. The third-order valence-electron chi connectivity index (χ3n) is 6.15. The number of benzene rings is 2. The molecule has 36 heavy (non-hydrogen) atoms. The predicted molar refractivity (Wildman–Crippen MR) is 137 cm³/mol. The van der Waals surface area contributed by atoms with Gasteiger partial charge in [-0.15, -0.1) is 0 Å². The molecule has 0 aliphatic carbocycles. The Morgan fingerprint density at radius 3 is 2.39 bits per heavy atom. The monoisotopic (exact) mass is 539 g/mol. The molecule has 0 fully saturated rings. The van der Waals surface area contributed by atoms with Crippen LogP contribution in [0.3, 0.4) is 0 Å². The Morgan fingerprint density at radius 2 is 1.81 bits per heavy atom. The summed E-state index contributed by atoms with van der Waals surface area (Å²) in [5.41, 5.74) is 1.12. The van der Waals surface area contributed by atoms with Gasteiger partial charge in [0.05, 0.1) is 41.6 Å². The zero-order valence-electron chi connectivity index (χ0n) is 21.0. The number of rotatable bonds is 8. The smallest absolute Gasteiger partial charge is 0.258 e. The van der Waals surface area contributed by atoms with Crippen molar-refractivity contribution in [3.8, 4) is 5.75 Å². The summed E-state index contributed by atoms with van der Waals surface area (Å²) in [6, 6.07) is 10.5. The zero-order chi connectivity index (χ0) is 26.8. The van der Waals surface area contributed by atoms with E-state index in [2.05, 4.69) is 4.72 Å². The molecule has 10 nitrogen and oxygen atoms in total. The van der Waals surface area contributed by atoms with Gasteiger partial charge in [-0.3, -0.25) is 9.52 Å². The van der Waals surface area contributed by atoms with E-state index in [1.54, 1.807) is 19.1 Å². The number of nitrogens with zero attached hydrogens (tertiary/aromatic N) is 2. The first-order valence-electron chi connectivity index (χ1n) is 11.5. The Kier molecular flexibility index (Phi) is 8.33. The zero-order valence-corrected chi connectivity index (χ0v) is 22.6. The van der Waals surface area contributed by atoms with Crippen LogP contribution in [0.25, 0.3) is 0 Å². The fraction of sp³-hybridized carbons (Fsp3) is 0.458. The topological polar surface area (TPSA) is 133 Å². The van der Waals surface area contributed by atoms with Crippen molar-refractivity contribution in [3.63, 3.8) is 0 Å². The number of carbonyl (C=O) groups is 1. The Hall–Kier alpha value is -2.67. The molecule has 2 aromatic rings. The summed E-state index contributed by atoms with van der Waals surface area (Å²) in [6.45, 7) is 5.26. The number of aryl methyl sites for hydroxylation is 1. The maximum atomic E-state index is 13.4. The van der Waals surface area contributed by atoms with Crippen LogP contribution < -0.4 is 9.46 Å². The van der Waals surface area contributed by atoms with Crippen molar-refractivity contribution in [2.24, 2.45) is 5.92 Å². The van der Waals surface area contributed by atoms with Crippen LogP contribution in [0.2, 0.25) is 0 Å². The van der Waals surface area contributed by atoms with Gasteiger partial charge in [-0.05, 0) is 38.1 Å². The normalized spacial score (nSPS) is 19.8. The van der Waals surface area contributed by atoms with E-state index in [-0.39, 0.29) is 47.5 Å². The molecular weight excluding hydrogens is 506 g/mol. The minimum atomic E-state index is -3.84. The highest BCUT2D eigenvalue weighted by molar-refractivity contribution is 7.92. The number of ether oxygens (including phenoxy) is 1. The molecule has 0 aromatic heterocycles. The minimum Gasteiger partial charge on any atom is -0.486 e. The van der Waals surface area contributed by atoms with Crippen molar-refractivity contribution in [1.82, 2.24) is 9.21 Å². The second kappa shape index (κ2) is 10.8. The lowest BCUT2D eigenvalue weighted by Gasteiger charge is -2.38. The SMILES string of the molecule is Cc1ccc(S(=O)(=O)N(C)C[C@H]2Oc3c(NS(C)(=O)=O)cccc3C(=O)N([C@@H](C)CO)C[C@@H]2C)cc1. The standard InChI is InChI=1S/C24H33N3O7S2/c1-16-9-11-19(12-10-16)36(32,33)26(4)14-22-17(2)13-27(18(3)15-28)24(29)20-7-6-8-21(23(20)34-22)25-35(5,30)31/h6-12,17-18,22,25,28H,13-15H2,1-5H3/t17-,18-,22+/m0/s1. The summed E-state index contributed by atoms with van der Waals surface area (Å²) >= 11 is 0. The number of carbonyl (C=O) groups excluding carboxylic acids is 1. The molecule has 1 aliphatic heterocycles. The van der Waals surface area contributed by atoms with Crippen LogP contribution in [0.1, 0.15) is 29.8 Å². The van der Waals surface area contributed by atoms with E-state index >= 15 is 0 Å². The van der Waals surface area contributed by atoms with Gasteiger partial charge < -0.3 is 14.7 Å². The molecule has 0 radical (unpaired) electrons. The first kappa shape index (κ1) is 27.9. The molecule has 0 unspecified atom stereocenters. The summed E-state index contributed by atoms with van der Waals surface area (Å²) in [7, 11) is -6.09. The number of anilines is 1. The highest BCUT2D eigenvalue weighted by Gasteiger charge is 2.36. The third kappa shape index (κ3) is 6.17. The first-order chi connectivity index (χ1) is 16.7. The van der Waals surface area contributed by atoms with Gasteiger partial charge in [-0.2, -0.15) is 4.31 Å². The molecular formula is C24H33N3O7S2. The lowest BCUT2D eigenvalue weighted by Crippen LogP contribution is -2.50. The van der Waals surface area contributed by atoms with Crippen molar-refractivity contribution in [3.05, 3.63) is 53.6 Å². The fourth-order valence-corrected chi connectivity index (χ4v) is 5.73. The van der Waals surface area contributed by atoms with Gasteiger partial charge in [-0.25, -0.2) is 16.8 Å². The van der Waals surface area contributed by atoms with E-state index in [1.165, 1.54) is 46.6 Å². The molecule has 0 spiro atoms. The molecule has 12 heteroatoms. The third-order valence-corrected chi connectivity index (χ3v) is 8.58. The fourth-order valence-electron chi connectivity index (χ4n) is 3.98. The van der Waals surface area contributed by atoms with E-state index in [9.17, 15) is 26.7 Å². The van der Waals surface area contributed by atoms with Crippen molar-refractivity contribution in [2.45, 2.75) is 37.8 Å². The molecule has 3 rings (SSSR count). The van der Waals surface area contributed by atoms with E-state index < -0.39 is 38.1 Å². The van der Waals surface area contributed by atoms with E-state index in [1.807, 2.05) is 13.8 Å². The largest absolute Gasteiger partial charge is 0.486 e. The average molecular weight is 540 g/mol. The molecule has 0 saturated carbocycles. The van der Waals surface area contributed by atoms with Gasteiger partial charge in [0.25, 0.3) is 5.91 Å². The predicted octanol–water partition coefficient (Wildman–Crippen LogP) is 1.91. The molecule has 1 aliphatic rings. The Bertz CT molecular complexity index is 1310. The van der Waals surface area contributed by atoms with Gasteiger partial charge in [0.1, 0.15) is 6.10 Å². The number of aliphatic hydroxyl groups excluding tert-OH is 1. The van der Waals surface area contributed by atoms with Crippen molar-refractivity contribution >= 4 is 31.6 Å². The van der Waals surface area contributed by atoms with Crippen LogP contribution in [0.15, 0.2) is 47.4 Å². The number of para-hydroxylation sites is 1. The molecule has 0 saturated heterocycles. The Labute approximate surface area is 213 Å². The van der Waals surface area contributed by atoms with Crippen LogP contribution in [-0.2, 0) is 20.0 Å². The molecule has 198 valence electrons. The summed E-state index contributed by atoms with van der Waals surface area (Å²) in [5.74, 6) is -0.770. The van der Waals surface area contributed by atoms with Crippen LogP contribution >= 0.6 is 0 Å². The van der Waals surface area contributed by atoms with Crippen LogP contribution in [0.5, 0.6) is 5.75 Å². The number of nitrogens with one attached hydrogen (secondary N) is 1. The summed E-state index contributed by atoms with van der Waals surface area (Å²) in [4.78, 5) is 15.0. The quantitative estimate of drug-likeness (QED) is 0.523. The highest BCUT2D eigenvalue weighted by Crippen LogP contribution is 2.35. The number of amides is 1. The second-order valence-electron chi connectivity index (χ2n) is 9.28. The van der Waals surface area contributed by atoms with E-state index in [0.717, 1.165) is 11.8 Å². The maximum absolute atomic E-state index is 13.4. The van der Waals surface area contributed by atoms with Gasteiger partial charge in [0.15, 0.2) is 5.75 Å². The van der Waals surface area contributed by atoms with Gasteiger partial charge in [0.2, 0.25) is 20.0 Å². The first-order valence-corrected chi connectivity index (χ1v) is 14.8. The van der Waals surface area contributed by atoms with Gasteiger partial charge in [0, 0.05) is 19.5 Å². The molecule has 1 heterocycles. The Morgan fingerprint density at radius 1 is 1.17 bits per heavy atom. The number of hydrogen-bond donors (Lipinski definition) is 2. The van der Waals surface area contributed by atoms with Crippen molar-refractivity contribution in [2.75, 3.05) is 37.7 Å². The van der Waals surface area contributed by atoms with Crippen LogP contribution in [-0.4, -0.2) is 82.2 Å². The van der Waals surface area contributed by atoms with Gasteiger partial charge >= 0.3 is 0 Å². The van der Waals surface area contributed by atoms with Gasteiger partial charge in [-0.1, -0.05) is 30.7 Å². The lowest BCUT2D eigenvalue weighted by molar-refractivity contribution is 0.0389. The maximum Gasteiger partial charge on any atom is 0.258 e. The minimum absolute atomic E-state index is 0.0146. The highest BCUT2D eigenvalue weighted by atomic mass is 32.2. The van der Waals surface area contributed by atoms with E-state index in [0.29, 0.717) is 0 Å². The van der Waals surface area contributed by atoms with Crippen LogP contribution in [0, 0.1) is 12.8 Å². The molecule has 2 aromatic carbocycles. The average Bonchev–Trinajstić information content (AvgIpc) is 2.80. The summed E-state index contributed by atoms with van der Waals surface area (Å²) in [6.07, 6.45) is 0.247. The number of aliphatic hydroxyl groups is 1. The molecule has 0 bridgehead atoms. The van der Waals surface area contributed by atoms with Crippen molar-refractivity contribution < 1.29 is 31.5 Å². The number of sulfonamides is 2. The van der Waals surface area contributed by atoms with Crippen LogP contribution in [0.4, 0.5) is 5.69 Å². The molecule has 3 atom stereocenters. The molecule has 1 amide bonds. The Balaban J connectivity index is 2.05. The summed E-state index contributed by atoms with van der Waals surface area (Å²) < 4.78 is 60.3. The van der Waals surface area contributed by atoms with E-state index in [4.69, 9.17) is 4.74 Å². The summed E-state index contributed by atoms with van der Waals surface area (Å²) in [5, 5.41) is 9.77. The number of hydrogen-bond acceptors (Lipinski definition) is 7. The van der Waals surface area contributed by atoms with Crippen molar-refractivity contribution in [1.29, 1.82) is 0 Å². The number of likely N-dealkylation sites (N-methyl/N-ethyl adjacent to an activating group) is 1. The second-order valence-corrected chi connectivity index (χ2v) is 13.1.